The lowest BCUT2D eigenvalue weighted by Crippen LogP contribution is -2.52. The van der Waals surface area contributed by atoms with Crippen molar-refractivity contribution < 1.29 is 23.5 Å². The van der Waals surface area contributed by atoms with Crippen LogP contribution in [0.2, 0.25) is 0 Å². The van der Waals surface area contributed by atoms with Crippen LogP contribution in [0, 0.1) is 11.7 Å². The molecule has 3 heterocycles. The highest BCUT2D eigenvalue weighted by atomic mass is 19.1. The first kappa shape index (κ1) is 27.8. The van der Waals surface area contributed by atoms with Crippen LogP contribution in [0.3, 0.4) is 0 Å². The summed E-state index contributed by atoms with van der Waals surface area (Å²) in [6.07, 6.45) is 1.60. The van der Waals surface area contributed by atoms with E-state index in [-0.39, 0.29) is 30.2 Å². The summed E-state index contributed by atoms with van der Waals surface area (Å²) in [6.45, 7) is 6.52. The quantitative estimate of drug-likeness (QED) is 0.387. The van der Waals surface area contributed by atoms with Crippen LogP contribution in [0.15, 0.2) is 66.7 Å². The zero-order valence-electron chi connectivity index (χ0n) is 23.8. The molecule has 8 nitrogen and oxygen atoms in total. The van der Waals surface area contributed by atoms with Crippen molar-refractivity contribution in [3.8, 4) is 5.75 Å². The maximum absolute atomic E-state index is 13.7. The number of imide groups is 1. The Kier molecular flexibility index (Phi) is 7.82. The number of amides is 3. The topological polar surface area (TPSA) is 73.4 Å². The SMILES string of the molecule is CCOc1ccccc1N1CCN(C(=O)C2CCCN(c3cccc4c3C(=O)N(Cc3cccc(F)c3)C4=O)C2)CC1. The predicted octanol–water partition coefficient (Wildman–Crippen LogP) is 4.59. The first-order valence-corrected chi connectivity index (χ1v) is 14.7. The molecule has 3 aliphatic rings. The number of carbonyl (C=O) groups excluding carboxylic acids is 3. The second-order valence-corrected chi connectivity index (χ2v) is 11.0. The van der Waals surface area contributed by atoms with Crippen LogP contribution in [0.25, 0.3) is 0 Å². The van der Waals surface area contributed by atoms with Crippen molar-refractivity contribution in [2.75, 3.05) is 55.7 Å². The Balaban J connectivity index is 1.13. The standard InChI is InChI=1S/C33H35FN4O4/c1-2-42-29-14-4-3-12-27(29)35-16-18-36(19-17-35)31(39)24-9-7-15-37(22-24)28-13-6-11-26-30(28)33(41)38(32(26)40)21-23-8-5-10-25(34)20-23/h3-6,8,10-14,20,24H,2,7,9,15-19,21-22H2,1H3. The zero-order chi connectivity index (χ0) is 29.2. The number of nitrogens with zero attached hydrogens (tertiary/aromatic N) is 4. The molecule has 6 rings (SSSR count). The normalized spacial score (nSPS) is 18.9. The number of anilines is 2. The van der Waals surface area contributed by atoms with Gasteiger partial charge >= 0.3 is 0 Å². The predicted molar refractivity (Wildman–Crippen MR) is 158 cm³/mol. The first-order chi connectivity index (χ1) is 20.4. The molecule has 0 saturated carbocycles. The molecule has 2 fully saturated rings. The molecular formula is C33H35FN4O4. The van der Waals surface area contributed by atoms with Gasteiger partial charge in [0.15, 0.2) is 0 Å². The molecule has 2 saturated heterocycles. The first-order valence-electron chi connectivity index (χ1n) is 14.7. The number of rotatable bonds is 7. The Morgan fingerprint density at radius 1 is 0.881 bits per heavy atom. The molecule has 3 aliphatic heterocycles. The highest BCUT2D eigenvalue weighted by Gasteiger charge is 2.40. The van der Waals surface area contributed by atoms with Crippen molar-refractivity contribution >= 4 is 29.1 Å². The van der Waals surface area contributed by atoms with Crippen LogP contribution < -0.4 is 14.5 Å². The Morgan fingerprint density at radius 3 is 2.43 bits per heavy atom. The molecule has 3 amide bonds. The minimum Gasteiger partial charge on any atom is -0.492 e. The second kappa shape index (κ2) is 11.8. The summed E-state index contributed by atoms with van der Waals surface area (Å²) in [4.78, 5) is 47.9. The van der Waals surface area contributed by atoms with Crippen molar-refractivity contribution in [3.05, 3.63) is 89.2 Å². The van der Waals surface area contributed by atoms with Crippen LogP contribution in [0.1, 0.15) is 46.0 Å². The third kappa shape index (κ3) is 5.31. The zero-order valence-corrected chi connectivity index (χ0v) is 23.8. The summed E-state index contributed by atoms with van der Waals surface area (Å²) < 4.78 is 19.6. The Bertz CT molecular complexity index is 1500. The van der Waals surface area contributed by atoms with Crippen LogP contribution in [-0.2, 0) is 11.3 Å². The average molecular weight is 571 g/mol. The molecule has 3 aromatic carbocycles. The Hall–Kier alpha value is -4.40. The number of fused-ring (bicyclic) bond motifs is 1. The van der Waals surface area contributed by atoms with Gasteiger partial charge in [0, 0.05) is 39.3 Å². The lowest BCUT2D eigenvalue weighted by molar-refractivity contribution is -0.136. The number of benzene rings is 3. The third-order valence-corrected chi connectivity index (χ3v) is 8.42. The van der Waals surface area contributed by atoms with E-state index in [0.717, 1.165) is 37.4 Å². The molecule has 218 valence electrons. The summed E-state index contributed by atoms with van der Waals surface area (Å²) in [5, 5.41) is 0. The monoisotopic (exact) mass is 570 g/mol. The Labute approximate surface area is 245 Å². The van der Waals surface area contributed by atoms with Gasteiger partial charge in [0.05, 0.1) is 41.6 Å². The van der Waals surface area contributed by atoms with Gasteiger partial charge < -0.3 is 19.4 Å². The van der Waals surface area contributed by atoms with E-state index in [0.29, 0.717) is 55.2 Å². The van der Waals surface area contributed by atoms with E-state index in [1.54, 1.807) is 24.3 Å². The lowest BCUT2D eigenvalue weighted by Gasteiger charge is -2.40. The van der Waals surface area contributed by atoms with Crippen molar-refractivity contribution in [1.82, 2.24) is 9.80 Å². The van der Waals surface area contributed by atoms with E-state index < -0.39 is 5.82 Å². The highest BCUT2D eigenvalue weighted by molar-refractivity contribution is 6.23. The number of carbonyl (C=O) groups is 3. The number of hydrogen-bond acceptors (Lipinski definition) is 6. The molecule has 0 radical (unpaired) electrons. The largest absolute Gasteiger partial charge is 0.492 e. The fourth-order valence-corrected chi connectivity index (χ4v) is 6.36. The summed E-state index contributed by atoms with van der Waals surface area (Å²) in [5.41, 5.74) is 3.01. The van der Waals surface area contributed by atoms with Gasteiger partial charge in [0.1, 0.15) is 11.6 Å². The molecule has 42 heavy (non-hydrogen) atoms. The van der Waals surface area contributed by atoms with Crippen LogP contribution in [0.4, 0.5) is 15.8 Å². The molecule has 0 bridgehead atoms. The fraction of sp³-hybridized carbons (Fsp3) is 0.364. The van der Waals surface area contributed by atoms with Crippen LogP contribution in [-0.4, -0.2) is 73.4 Å². The van der Waals surface area contributed by atoms with E-state index in [4.69, 9.17) is 4.74 Å². The average Bonchev–Trinajstić information content (AvgIpc) is 3.26. The molecule has 0 spiro atoms. The Morgan fingerprint density at radius 2 is 1.64 bits per heavy atom. The van der Waals surface area contributed by atoms with E-state index >= 15 is 0 Å². The van der Waals surface area contributed by atoms with Gasteiger partial charge in [-0.15, -0.1) is 0 Å². The van der Waals surface area contributed by atoms with Gasteiger partial charge in [-0.1, -0.05) is 30.3 Å². The van der Waals surface area contributed by atoms with Crippen LogP contribution >= 0.6 is 0 Å². The minimum absolute atomic E-state index is 0.00563. The maximum Gasteiger partial charge on any atom is 0.263 e. The van der Waals surface area contributed by atoms with Gasteiger partial charge in [0.2, 0.25) is 5.91 Å². The van der Waals surface area contributed by atoms with E-state index in [2.05, 4.69) is 15.9 Å². The molecule has 3 aromatic rings. The summed E-state index contributed by atoms with van der Waals surface area (Å²) in [5.74, 6) is -0.361. The molecule has 0 aliphatic carbocycles. The van der Waals surface area contributed by atoms with Gasteiger partial charge in [0.25, 0.3) is 11.8 Å². The smallest absolute Gasteiger partial charge is 0.263 e. The molecule has 9 heteroatoms. The van der Waals surface area contributed by atoms with Gasteiger partial charge in [-0.2, -0.15) is 0 Å². The van der Waals surface area contributed by atoms with E-state index in [9.17, 15) is 18.8 Å². The van der Waals surface area contributed by atoms with E-state index in [1.807, 2.05) is 36.1 Å². The van der Waals surface area contributed by atoms with Crippen molar-refractivity contribution in [3.63, 3.8) is 0 Å². The van der Waals surface area contributed by atoms with Crippen molar-refractivity contribution in [1.29, 1.82) is 0 Å². The summed E-state index contributed by atoms with van der Waals surface area (Å²) in [7, 11) is 0. The maximum atomic E-state index is 13.7. The third-order valence-electron chi connectivity index (χ3n) is 8.42. The number of para-hydroxylation sites is 2. The molecule has 1 atom stereocenters. The van der Waals surface area contributed by atoms with Crippen LogP contribution in [0.5, 0.6) is 5.75 Å². The van der Waals surface area contributed by atoms with E-state index in [1.165, 1.54) is 17.0 Å². The number of piperidine rings is 1. The summed E-state index contributed by atoms with van der Waals surface area (Å²) in [6, 6.07) is 19.3. The molecule has 0 aromatic heterocycles. The van der Waals surface area contributed by atoms with Crippen molar-refractivity contribution in [2.45, 2.75) is 26.3 Å². The summed E-state index contributed by atoms with van der Waals surface area (Å²) >= 11 is 0. The molecule has 1 unspecified atom stereocenters. The number of ether oxygens (including phenoxy) is 1. The fourth-order valence-electron chi connectivity index (χ4n) is 6.36. The molecular weight excluding hydrogens is 535 g/mol. The molecule has 0 N–H and O–H groups in total. The minimum atomic E-state index is -0.412. The highest BCUT2D eigenvalue weighted by Crippen LogP contribution is 2.35. The second-order valence-electron chi connectivity index (χ2n) is 11.0. The number of hydrogen-bond donors (Lipinski definition) is 0. The lowest BCUT2D eigenvalue weighted by atomic mass is 9.94. The number of halogens is 1. The number of piperazine rings is 1. The van der Waals surface area contributed by atoms with Gasteiger partial charge in [-0.3, -0.25) is 19.3 Å². The van der Waals surface area contributed by atoms with Gasteiger partial charge in [-0.25, -0.2) is 4.39 Å². The van der Waals surface area contributed by atoms with Gasteiger partial charge in [-0.05, 0) is 61.7 Å². The van der Waals surface area contributed by atoms with Crippen molar-refractivity contribution in [2.24, 2.45) is 5.92 Å².